The van der Waals surface area contributed by atoms with Crippen molar-refractivity contribution in [3.8, 4) is 11.3 Å². The summed E-state index contributed by atoms with van der Waals surface area (Å²) in [7, 11) is 0. The molecule has 1 N–H and O–H groups in total. The average Bonchev–Trinajstić information content (AvgIpc) is 2.65. The highest BCUT2D eigenvalue weighted by Crippen LogP contribution is 2.30. The molecule has 0 radical (unpaired) electrons. The van der Waals surface area contributed by atoms with Crippen molar-refractivity contribution in [2.75, 3.05) is 5.32 Å². The summed E-state index contributed by atoms with van der Waals surface area (Å²) < 4.78 is 39.0. The molecule has 0 aliphatic heterocycles. The number of amides is 1. The molecule has 0 aliphatic rings. The number of carbonyl (C=O) groups excluding carboxylic acids is 1. The molecule has 144 valence electrons. The number of carbonyl (C=O) groups is 1. The zero-order valence-electron chi connectivity index (χ0n) is 14.8. The van der Waals surface area contributed by atoms with Crippen LogP contribution >= 0.6 is 0 Å². The minimum absolute atomic E-state index is 0.229. The highest BCUT2D eigenvalue weighted by molar-refractivity contribution is 5.90. The zero-order valence-corrected chi connectivity index (χ0v) is 14.8. The topological polar surface area (TPSA) is 64.0 Å². The van der Waals surface area contributed by atoms with Gasteiger partial charge in [0.05, 0.1) is 17.6 Å². The molecule has 5 nitrogen and oxygen atoms in total. The fourth-order valence-corrected chi connectivity index (χ4v) is 2.52. The molecule has 3 aromatic rings. The van der Waals surface area contributed by atoms with Crippen LogP contribution in [0.3, 0.4) is 0 Å². The van der Waals surface area contributed by atoms with Gasteiger partial charge in [0.2, 0.25) is 5.91 Å². The van der Waals surface area contributed by atoms with E-state index in [0.717, 1.165) is 22.3 Å². The maximum Gasteiger partial charge on any atom is 0.416 e. The Morgan fingerprint density at radius 3 is 2.29 bits per heavy atom. The van der Waals surface area contributed by atoms with Gasteiger partial charge in [-0.05, 0) is 31.2 Å². The van der Waals surface area contributed by atoms with E-state index in [1.54, 1.807) is 12.1 Å². The van der Waals surface area contributed by atoms with E-state index in [0.29, 0.717) is 11.3 Å². The number of nitrogens with one attached hydrogen (secondary N) is 1. The van der Waals surface area contributed by atoms with Gasteiger partial charge in [-0.15, -0.1) is 0 Å². The van der Waals surface area contributed by atoms with Gasteiger partial charge < -0.3 is 5.32 Å². The first kappa shape index (κ1) is 19.3. The van der Waals surface area contributed by atoms with Crippen molar-refractivity contribution in [1.82, 2.24) is 9.55 Å². The fourth-order valence-electron chi connectivity index (χ4n) is 2.52. The number of aryl methyl sites for hydroxylation is 1. The van der Waals surface area contributed by atoms with Crippen LogP contribution in [0.15, 0.2) is 65.7 Å². The van der Waals surface area contributed by atoms with E-state index >= 15 is 0 Å². The first-order valence-electron chi connectivity index (χ1n) is 8.33. The smallest absolute Gasteiger partial charge is 0.325 e. The Labute approximate surface area is 158 Å². The summed E-state index contributed by atoms with van der Waals surface area (Å²) in [5, 5.41) is 2.68. The van der Waals surface area contributed by atoms with Crippen LogP contribution in [0.5, 0.6) is 0 Å². The quantitative estimate of drug-likeness (QED) is 0.739. The van der Waals surface area contributed by atoms with E-state index in [2.05, 4.69) is 10.3 Å². The number of nitrogens with zero attached hydrogens (tertiary/aromatic N) is 2. The molecule has 0 bridgehead atoms. The highest BCUT2D eigenvalue weighted by Gasteiger charge is 2.30. The van der Waals surface area contributed by atoms with Gasteiger partial charge in [-0.1, -0.05) is 29.8 Å². The van der Waals surface area contributed by atoms with Crippen molar-refractivity contribution in [3.63, 3.8) is 0 Å². The van der Waals surface area contributed by atoms with E-state index in [9.17, 15) is 22.8 Å². The van der Waals surface area contributed by atoms with Crippen LogP contribution in [0, 0.1) is 6.92 Å². The summed E-state index contributed by atoms with van der Waals surface area (Å²) in [6.07, 6.45) is -3.23. The molecular formula is C20H16F3N3O2. The number of benzene rings is 2. The molecule has 0 unspecified atom stereocenters. The summed E-state index contributed by atoms with van der Waals surface area (Å²) in [4.78, 5) is 28.4. The number of halogens is 3. The summed E-state index contributed by atoms with van der Waals surface area (Å²) in [6.45, 7) is 1.70. The van der Waals surface area contributed by atoms with Crippen LogP contribution in [0.4, 0.5) is 18.9 Å². The van der Waals surface area contributed by atoms with Gasteiger partial charge in [0.15, 0.2) is 0 Å². The lowest BCUT2D eigenvalue weighted by atomic mass is 10.1. The van der Waals surface area contributed by atoms with Crippen molar-refractivity contribution in [3.05, 3.63) is 82.4 Å². The number of hydrogen-bond acceptors (Lipinski definition) is 3. The Kier molecular flexibility index (Phi) is 5.30. The molecule has 8 heteroatoms. The van der Waals surface area contributed by atoms with Crippen LogP contribution < -0.4 is 10.9 Å². The molecule has 0 spiro atoms. The molecule has 0 saturated carbocycles. The molecule has 1 heterocycles. The van der Waals surface area contributed by atoms with E-state index in [1.807, 2.05) is 19.1 Å². The largest absolute Gasteiger partial charge is 0.416 e. The minimum atomic E-state index is -4.43. The van der Waals surface area contributed by atoms with Crippen molar-refractivity contribution < 1.29 is 18.0 Å². The Hall–Kier alpha value is -3.42. The molecule has 0 saturated heterocycles. The lowest BCUT2D eigenvalue weighted by Gasteiger charge is -2.09. The Bertz CT molecular complexity index is 1040. The predicted octanol–water partition coefficient (Wildman–Crippen LogP) is 3.88. The van der Waals surface area contributed by atoms with Crippen LogP contribution in [-0.4, -0.2) is 15.5 Å². The van der Waals surface area contributed by atoms with Crippen LogP contribution in [0.1, 0.15) is 11.1 Å². The second-order valence-corrected chi connectivity index (χ2v) is 6.23. The number of rotatable bonds is 4. The molecular weight excluding hydrogens is 371 g/mol. The first-order valence-corrected chi connectivity index (χ1v) is 8.33. The van der Waals surface area contributed by atoms with Crippen LogP contribution in [0.2, 0.25) is 0 Å². The second-order valence-electron chi connectivity index (χ2n) is 6.23. The second kappa shape index (κ2) is 7.67. The van der Waals surface area contributed by atoms with Crippen molar-refractivity contribution in [2.45, 2.75) is 19.6 Å². The monoisotopic (exact) mass is 387 g/mol. The van der Waals surface area contributed by atoms with Crippen molar-refractivity contribution in [1.29, 1.82) is 0 Å². The predicted molar refractivity (Wildman–Crippen MR) is 98.7 cm³/mol. The lowest BCUT2D eigenvalue weighted by molar-refractivity contribution is -0.137. The Balaban J connectivity index is 1.72. The number of aromatic nitrogens is 2. The number of alkyl halides is 3. The van der Waals surface area contributed by atoms with E-state index < -0.39 is 23.2 Å². The standard InChI is InChI=1S/C20H16F3N3O2/c1-13-2-8-16(9-3-13)25-18(27)11-26-12-24-17(10-19(26)28)14-4-6-15(7-5-14)20(21,22)23/h2-10,12H,11H2,1H3,(H,25,27). The number of anilines is 1. The molecule has 28 heavy (non-hydrogen) atoms. The van der Waals surface area contributed by atoms with E-state index in [4.69, 9.17) is 0 Å². The summed E-state index contributed by atoms with van der Waals surface area (Å²) in [5.74, 6) is -0.393. The Morgan fingerprint density at radius 2 is 1.71 bits per heavy atom. The highest BCUT2D eigenvalue weighted by atomic mass is 19.4. The third-order valence-corrected chi connectivity index (χ3v) is 4.04. The lowest BCUT2D eigenvalue weighted by Crippen LogP contribution is -2.27. The molecule has 3 rings (SSSR count). The van der Waals surface area contributed by atoms with Crippen molar-refractivity contribution in [2.24, 2.45) is 0 Å². The summed E-state index contributed by atoms with van der Waals surface area (Å²) >= 11 is 0. The molecule has 0 fully saturated rings. The minimum Gasteiger partial charge on any atom is -0.325 e. The van der Waals surface area contributed by atoms with Crippen LogP contribution in [0.25, 0.3) is 11.3 Å². The molecule has 0 aliphatic carbocycles. The van der Waals surface area contributed by atoms with Gasteiger partial charge in [0.1, 0.15) is 6.54 Å². The van der Waals surface area contributed by atoms with Gasteiger partial charge in [-0.25, -0.2) is 4.98 Å². The van der Waals surface area contributed by atoms with Crippen molar-refractivity contribution >= 4 is 11.6 Å². The fraction of sp³-hybridized carbons (Fsp3) is 0.150. The van der Waals surface area contributed by atoms with Gasteiger partial charge >= 0.3 is 6.18 Å². The molecule has 0 atom stereocenters. The first-order chi connectivity index (χ1) is 13.2. The number of hydrogen-bond donors (Lipinski definition) is 1. The molecule has 2 aromatic carbocycles. The van der Waals surface area contributed by atoms with E-state index in [1.165, 1.54) is 24.5 Å². The molecule has 1 aromatic heterocycles. The zero-order chi connectivity index (χ0) is 20.3. The SMILES string of the molecule is Cc1ccc(NC(=O)Cn2cnc(-c3ccc(C(F)(F)F)cc3)cc2=O)cc1. The van der Waals surface area contributed by atoms with Gasteiger partial charge in [0, 0.05) is 17.3 Å². The third kappa shape index (κ3) is 4.64. The van der Waals surface area contributed by atoms with Crippen LogP contribution in [-0.2, 0) is 17.5 Å². The average molecular weight is 387 g/mol. The maximum absolute atomic E-state index is 12.6. The third-order valence-electron chi connectivity index (χ3n) is 4.04. The van der Waals surface area contributed by atoms with Gasteiger partial charge in [-0.3, -0.25) is 14.2 Å². The normalized spacial score (nSPS) is 11.3. The summed E-state index contributed by atoms with van der Waals surface area (Å²) in [5.41, 5.74) is 1.01. The van der Waals surface area contributed by atoms with Gasteiger partial charge in [0.25, 0.3) is 5.56 Å². The summed E-state index contributed by atoms with van der Waals surface area (Å²) in [6, 6.07) is 12.7. The molecule has 1 amide bonds. The van der Waals surface area contributed by atoms with E-state index in [-0.39, 0.29) is 12.2 Å². The maximum atomic E-state index is 12.6. The van der Waals surface area contributed by atoms with Gasteiger partial charge in [-0.2, -0.15) is 13.2 Å². The Morgan fingerprint density at radius 1 is 1.07 bits per heavy atom.